The molecule has 5 heterocycles. The number of aliphatic hydroxyl groups excluding tert-OH is 1. The van der Waals surface area contributed by atoms with Gasteiger partial charge in [0, 0.05) is 16.8 Å². The molecule has 8 bridgehead atoms. The molecule has 6 rings (SSSR count). The Labute approximate surface area is 273 Å². The first kappa shape index (κ1) is 31.2. The van der Waals surface area contributed by atoms with E-state index >= 15 is 0 Å². The topological polar surface area (TPSA) is 73.1 Å². The summed E-state index contributed by atoms with van der Waals surface area (Å²) in [6.07, 6.45) is 8.60. The third-order valence-electron chi connectivity index (χ3n) is 10.0. The summed E-state index contributed by atoms with van der Waals surface area (Å²) in [5.41, 5.74) is 20.3. The van der Waals surface area contributed by atoms with Crippen molar-refractivity contribution >= 4 is 28.8 Å². The largest absolute Gasteiger partial charge is 0.515 e. The van der Waals surface area contributed by atoms with Crippen molar-refractivity contribution in [2.45, 2.75) is 81.1 Å². The van der Waals surface area contributed by atoms with Gasteiger partial charge in [-0.1, -0.05) is 70.7 Å². The molecule has 0 unspecified atom stereocenters. The fourth-order valence-electron chi connectivity index (χ4n) is 7.55. The maximum atomic E-state index is 10.9. The summed E-state index contributed by atoms with van der Waals surface area (Å²) >= 11 is 0. The van der Waals surface area contributed by atoms with Crippen LogP contribution in [0.15, 0.2) is 126 Å². The van der Waals surface area contributed by atoms with Gasteiger partial charge < -0.3 is 10.1 Å². The second kappa shape index (κ2) is 12.2. The Hall–Kier alpha value is -4.77. The summed E-state index contributed by atoms with van der Waals surface area (Å²) in [6, 6.07) is 10.5. The normalized spacial score (nSPS) is 19.1. The Balaban J connectivity index is 1.81. The van der Waals surface area contributed by atoms with Crippen LogP contribution in [0.1, 0.15) is 95.8 Å². The molecule has 1 aromatic heterocycles. The smallest absolute Gasteiger partial charge is 0.0907 e. The van der Waals surface area contributed by atoms with E-state index in [2.05, 4.69) is 97.3 Å². The lowest BCUT2D eigenvalue weighted by atomic mass is 9.90. The molecular formula is C41H44N4O. The lowest BCUT2D eigenvalue weighted by Gasteiger charge is -2.12. The average molecular weight is 609 g/mol. The SMILES string of the molecule is C=CC1=C2N=C(C(=CO)C3=NC(=C(c4ccccc4)c4[nH]c(c(CC)c4C)C=C4N=C1C(CC)=C4C)C(C)=C3CC)C(C)=C2CC. The van der Waals surface area contributed by atoms with Gasteiger partial charge in [-0.05, 0) is 110 Å². The molecule has 2 N–H and O–H groups in total. The zero-order valence-corrected chi connectivity index (χ0v) is 28.4. The van der Waals surface area contributed by atoms with Gasteiger partial charge >= 0.3 is 0 Å². The highest BCUT2D eigenvalue weighted by atomic mass is 16.2. The number of rotatable bonds is 6. The number of fused-ring (bicyclic) bond motifs is 5. The van der Waals surface area contributed by atoms with Crippen molar-refractivity contribution in [3.8, 4) is 0 Å². The van der Waals surface area contributed by atoms with Gasteiger partial charge in [0.1, 0.15) is 0 Å². The number of nitrogens with zero attached hydrogens (tertiary/aromatic N) is 3. The van der Waals surface area contributed by atoms with E-state index < -0.39 is 0 Å². The van der Waals surface area contributed by atoms with Crippen molar-refractivity contribution in [2.24, 2.45) is 15.0 Å². The number of aliphatic imine (C=N–C) groups is 3. The molecule has 0 atom stereocenters. The second-order valence-electron chi connectivity index (χ2n) is 12.3. The molecule has 0 radical (unpaired) electrons. The highest BCUT2D eigenvalue weighted by Crippen LogP contribution is 2.43. The number of H-pyrrole nitrogens is 1. The van der Waals surface area contributed by atoms with Crippen LogP contribution in [-0.4, -0.2) is 27.2 Å². The summed E-state index contributed by atoms with van der Waals surface area (Å²) < 4.78 is 0. The lowest BCUT2D eigenvalue weighted by molar-refractivity contribution is 0.472. The molecule has 46 heavy (non-hydrogen) atoms. The molecular weight excluding hydrogens is 564 g/mol. The number of aromatic amines is 1. The van der Waals surface area contributed by atoms with Crippen molar-refractivity contribution in [1.82, 2.24) is 4.98 Å². The number of benzene rings is 1. The molecule has 0 saturated heterocycles. The Kier molecular flexibility index (Phi) is 8.28. The first-order valence-corrected chi connectivity index (χ1v) is 16.6. The molecule has 0 saturated carbocycles. The van der Waals surface area contributed by atoms with Gasteiger partial charge in [0.2, 0.25) is 0 Å². The predicted octanol–water partition coefficient (Wildman–Crippen LogP) is 10.4. The van der Waals surface area contributed by atoms with Crippen LogP contribution in [-0.2, 0) is 6.42 Å². The highest BCUT2D eigenvalue weighted by molar-refractivity contribution is 6.37. The van der Waals surface area contributed by atoms with Crippen molar-refractivity contribution in [1.29, 1.82) is 0 Å². The number of aromatic nitrogens is 1. The molecule has 4 aliphatic rings. The summed E-state index contributed by atoms with van der Waals surface area (Å²) in [5, 5.41) is 10.9. The monoisotopic (exact) mass is 608 g/mol. The fourth-order valence-corrected chi connectivity index (χ4v) is 7.55. The van der Waals surface area contributed by atoms with Crippen molar-refractivity contribution in [2.75, 3.05) is 0 Å². The molecule has 234 valence electrons. The second-order valence-corrected chi connectivity index (χ2v) is 12.3. The van der Waals surface area contributed by atoms with E-state index in [4.69, 9.17) is 15.0 Å². The number of allylic oxidation sites excluding steroid dienone is 9. The summed E-state index contributed by atoms with van der Waals surface area (Å²) in [5.74, 6) is 0. The first-order valence-electron chi connectivity index (χ1n) is 16.6. The fraction of sp³-hybridized carbons (Fsp3) is 0.293. The van der Waals surface area contributed by atoms with Crippen LogP contribution in [0.25, 0.3) is 11.6 Å². The van der Waals surface area contributed by atoms with Gasteiger partial charge in [-0.25, -0.2) is 15.0 Å². The van der Waals surface area contributed by atoms with Gasteiger partial charge in [-0.3, -0.25) is 0 Å². The number of aliphatic hydroxyl groups is 1. The van der Waals surface area contributed by atoms with Crippen LogP contribution < -0.4 is 0 Å². The van der Waals surface area contributed by atoms with Gasteiger partial charge in [0.25, 0.3) is 0 Å². The Bertz CT molecular complexity index is 2010. The highest BCUT2D eigenvalue weighted by Gasteiger charge is 2.34. The Morgan fingerprint density at radius 1 is 0.739 bits per heavy atom. The van der Waals surface area contributed by atoms with Crippen LogP contribution in [0.5, 0.6) is 0 Å². The maximum absolute atomic E-state index is 10.9. The minimum Gasteiger partial charge on any atom is -0.515 e. The number of hydrogen-bond donors (Lipinski definition) is 2. The number of nitrogens with one attached hydrogen (secondary N) is 1. The van der Waals surface area contributed by atoms with Crippen LogP contribution in [0.4, 0.5) is 0 Å². The van der Waals surface area contributed by atoms with E-state index in [-0.39, 0.29) is 0 Å². The lowest BCUT2D eigenvalue weighted by Crippen LogP contribution is -2.14. The molecule has 1 aromatic carbocycles. The minimum absolute atomic E-state index is 0.641. The van der Waals surface area contributed by atoms with Gasteiger partial charge in [-0.15, -0.1) is 0 Å². The van der Waals surface area contributed by atoms with E-state index in [1.165, 1.54) is 28.5 Å². The molecule has 5 nitrogen and oxygen atoms in total. The molecule has 4 aliphatic heterocycles. The molecule has 2 aromatic rings. The predicted molar refractivity (Wildman–Crippen MR) is 195 cm³/mol. The quantitative estimate of drug-likeness (QED) is 0.315. The Morgan fingerprint density at radius 3 is 2.00 bits per heavy atom. The molecule has 5 heteroatoms. The van der Waals surface area contributed by atoms with E-state index in [0.29, 0.717) is 5.57 Å². The third kappa shape index (κ3) is 4.63. The zero-order valence-electron chi connectivity index (χ0n) is 28.4. The first-order chi connectivity index (χ1) is 22.2. The van der Waals surface area contributed by atoms with Crippen LogP contribution in [0.3, 0.4) is 0 Å². The minimum atomic E-state index is 0.641. The third-order valence-corrected chi connectivity index (χ3v) is 10.0. The maximum Gasteiger partial charge on any atom is 0.0907 e. The molecule has 0 spiro atoms. The summed E-state index contributed by atoms with van der Waals surface area (Å²) in [7, 11) is 0. The number of hydrogen-bond acceptors (Lipinski definition) is 4. The van der Waals surface area contributed by atoms with Crippen LogP contribution in [0, 0.1) is 6.92 Å². The van der Waals surface area contributed by atoms with Gasteiger partial charge in [0.05, 0.1) is 51.8 Å². The Morgan fingerprint density at radius 2 is 1.39 bits per heavy atom. The van der Waals surface area contributed by atoms with Crippen LogP contribution in [0.2, 0.25) is 0 Å². The zero-order chi connectivity index (χ0) is 32.9. The molecule has 0 fully saturated rings. The van der Waals surface area contributed by atoms with Crippen molar-refractivity contribution in [3.63, 3.8) is 0 Å². The van der Waals surface area contributed by atoms with E-state index in [1.54, 1.807) is 0 Å². The van der Waals surface area contributed by atoms with Crippen molar-refractivity contribution in [3.05, 3.63) is 139 Å². The summed E-state index contributed by atoms with van der Waals surface area (Å²) in [4.78, 5) is 19.8. The van der Waals surface area contributed by atoms with Gasteiger partial charge in [-0.2, -0.15) is 0 Å². The average Bonchev–Trinajstić information content (AvgIpc) is 3.76. The van der Waals surface area contributed by atoms with E-state index in [0.717, 1.165) is 110 Å². The standard InChI is InChI=1S/C41H44N4O/c1-10-27-23(7)37-35(26-18-16-15-17-19-26)38-25(9)30(13-4)41(45-38)32(21-46)36-24(8)29(12-3)40(44-36)31(14-5)39-28(11-2)22(6)33(42-39)20-34(27)43-37/h14-21,43,46H,5,10-13H2,1-4,6-9H3. The van der Waals surface area contributed by atoms with E-state index in [1.807, 2.05) is 12.1 Å². The summed E-state index contributed by atoms with van der Waals surface area (Å²) in [6.45, 7) is 21.6. The van der Waals surface area contributed by atoms with E-state index in [9.17, 15) is 5.11 Å². The molecule has 0 amide bonds. The van der Waals surface area contributed by atoms with Crippen molar-refractivity contribution < 1.29 is 5.11 Å². The van der Waals surface area contributed by atoms with Crippen LogP contribution >= 0.6 is 0 Å². The molecule has 0 aliphatic carbocycles. The van der Waals surface area contributed by atoms with Gasteiger partial charge in [0.15, 0.2) is 0 Å².